The van der Waals surface area contributed by atoms with E-state index in [1.54, 1.807) is 25.2 Å². The van der Waals surface area contributed by atoms with Gasteiger partial charge in [-0.1, -0.05) is 18.0 Å². The topological polar surface area (TPSA) is 57.6 Å². The van der Waals surface area contributed by atoms with Crippen LogP contribution in [0.25, 0.3) is 0 Å². The Hall–Kier alpha value is -1.39. The Kier molecular flexibility index (Phi) is 3.10. The summed E-state index contributed by atoms with van der Waals surface area (Å²) in [5, 5.41) is 11.5. The highest BCUT2D eigenvalue weighted by atomic mass is 35.5. The van der Waals surface area contributed by atoms with Crippen molar-refractivity contribution in [1.29, 1.82) is 0 Å². The Balaban J connectivity index is 2.15. The maximum atomic E-state index is 12.5. The number of ketones is 1. The molecule has 1 aliphatic carbocycles. The van der Waals surface area contributed by atoms with Gasteiger partial charge in [-0.25, -0.2) is 0 Å². The summed E-state index contributed by atoms with van der Waals surface area (Å²) in [6.07, 6.45) is 2.66. The van der Waals surface area contributed by atoms with E-state index in [0.29, 0.717) is 29.1 Å². The van der Waals surface area contributed by atoms with Gasteiger partial charge in [0.25, 0.3) is 5.91 Å². The molecule has 0 aromatic heterocycles. The van der Waals surface area contributed by atoms with Crippen molar-refractivity contribution >= 4 is 29.0 Å². The van der Waals surface area contributed by atoms with Gasteiger partial charge in [-0.3, -0.25) is 9.59 Å². The van der Waals surface area contributed by atoms with E-state index >= 15 is 0 Å². The number of rotatable bonds is 1. The van der Waals surface area contributed by atoms with Gasteiger partial charge in [0.1, 0.15) is 5.78 Å². The summed E-state index contributed by atoms with van der Waals surface area (Å²) in [7, 11) is 1.61. The Morgan fingerprint density at radius 3 is 2.80 bits per heavy atom. The van der Waals surface area contributed by atoms with E-state index in [1.807, 2.05) is 0 Å². The zero-order valence-electron chi connectivity index (χ0n) is 11.2. The zero-order valence-corrected chi connectivity index (χ0v) is 12.0. The van der Waals surface area contributed by atoms with Crippen LogP contribution in [0.4, 0.5) is 5.69 Å². The molecule has 20 heavy (non-hydrogen) atoms. The minimum absolute atomic E-state index is 0.0340. The minimum atomic E-state index is -1.76. The van der Waals surface area contributed by atoms with Crippen molar-refractivity contribution in [3.05, 3.63) is 28.8 Å². The highest BCUT2D eigenvalue weighted by molar-refractivity contribution is 6.31. The number of hydrogen-bond acceptors (Lipinski definition) is 3. The number of Topliss-reactive ketones (excluding diaryl/α,β-unsaturated/α-hetero) is 1. The molecule has 2 atom stereocenters. The average Bonchev–Trinajstić information content (AvgIpc) is 2.62. The average molecular weight is 294 g/mol. The number of halogens is 1. The molecule has 1 aliphatic heterocycles. The van der Waals surface area contributed by atoms with Crippen LogP contribution in [0.2, 0.25) is 5.02 Å². The number of carbonyl (C=O) groups excluding carboxylic acids is 2. The van der Waals surface area contributed by atoms with Crippen LogP contribution >= 0.6 is 11.6 Å². The van der Waals surface area contributed by atoms with E-state index < -0.39 is 17.4 Å². The number of amides is 1. The molecule has 4 nitrogen and oxygen atoms in total. The number of nitrogens with zero attached hydrogens (tertiary/aromatic N) is 1. The van der Waals surface area contributed by atoms with Crippen LogP contribution in [0.5, 0.6) is 0 Å². The number of aliphatic hydroxyl groups is 1. The lowest BCUT2D eigenvalue weighted by Gasteiger charge is -2.33. The Bertz CT molecular complexity index is 601. The Morgan fingerprint density at radius 2 is 2.10 bits per heavy atom. The fourth-order valence-corrected chi connectivity index (χ4v) is 3.52. The summed E-state index contributed by atoms with van der Waals surface area (Å²) in [6, 6.07) is 4.99. The van der Waals surface area contributed by atoms with Crippen molar-refractivity contribution in [1.82, 2.24) is 0 Å². The number of carbonyl (C=O) groups is 2. The van der Waals surface area contributed by atoms with Gasteiger partial charge >= 0.3 is 0 Å². The van der Waals surface area contributed by atoms with Gasteiger partial charge in [-0.05, 0) is 31.0 Å². The molecule has 0 radical (unpaired) electrons. The summed E-state index contributed by atoms with van der Waals surface area (Å²) in [4.78, 5) is 26.1. The van der Waals surface area contributed by atoms with Gasteiger partial charge in [0, 0.05) is 24.1 Å². The normalized spacial score (nSPS) is 29.8. The standard InChI is InChI=1S/C15H16ClNO3/c1-17-12-7-6-9(16)8-11(12)15(20,14(17)19)10-4-2-3-5-13(10)18/h6-8,10,20H,2-5H2,1H3/t10?,15-/m0/s1. The molecule has 5 heteroatoms. The van der Waals surface area contributed by atoms with Crippen LogP contribution in [-0.4, -0.2) is 23.8 Å². The molecule has 106 valence electrons. The molecule has 1 aromatic carbocycles. The monoisotopic (exact) mass is 293 g/mol. The molecule has 0 bridgehead atoms. The van der Waals surface area contributed by atoms with Crippen molar-refractivity contribution < 1.29 is 14.7 Å². The van der Waals surface area contributed by atoms with E-state index in [-0.39, 0.29) is 5.78 Å². The number of likely N-dealkylation sites (N-methyl/N-ethyl adjacent to an activating group) is 1. The lowest BCUT2D eigenvalue weighted by atomic mass is 9.73. The number of benzene rings is 1. The molecule has 2 aliphatic rings. The quantitative estimate of drug-likeness (QED) is 0.864. The number of hydrogen-bond donors (Lipinski definition) is 1. The molecular formula is C15H16ClNO3. The van der Waals surface area contributed by atoms with Crippen molar-refractivity contribution in [3.63, 3.8) is 0 Å². The Morgan fingerprint density at radius 1 is 1.35 bits per heavy atom. The first kappa shape index (κ1) is 13.6. The Labute approximate surface area is 122 Å². The summed E-state index contributed by atoms with van der Waals surface area (Å²) in [5.41, 5.74) is -0.676. The maximum absolute atomic E-state index is 12.5. The van der Waals surface area contributed by atoms with E-state index in [4.69, 9.17) is 11.6 Å². The fraction of sp³-hybridized carbons (Fsp3) is 0.467. The highest BCUT2D eigenvalue weighted by Gasteiger charge is 2.56. The first-order valence-electron chi connectivity index (χ1n) is 6.79. The first-order valence-corrected chi connectivity index (χ1v) is 7.17. The number of fused-ring (bicyclic) bond motifs is 1. The molecule has 1 amide bonds. The second kappa shape index (κ2) is 4.57. The summed E-state index contributed by atoms with van der Waals surface area (Å²) >= 11 is 6.00. The number of anilines is 1. The van der Waals surface area contributed by atoms with Gasteiger partial charge in [-0.15, -0.1) is 0 Å². The molecule has 0 saturated heterocycles. The third kappa shape index (κ3) is 1.71. The molecule has 3 rings (SSSR count). The zero-order chi connectivity index (χ0) is 14.5. The molecule has 1 fully saturated rings. The lowest BCUT2D eigenvalue weighted by Crippen LogP contribution is -2.48. The smallest absolute Gasteiger partial charge is 0.264 e. The van der Waals surface area contributed by atoms with Crippen molar-refractivity contribution in [2.24, 2.45) is 5.92 Å². The largest absolute Gasteiger partial charge is 0.375 e. The van der Waals surface area contributed by atoms with Crippen LogP contribution in [0.1, 0.15) is 31.2 Å². The van der Waals surface area contributed by atoms with Crippen LogP contribution in [-0.2, 0) is 15.2 Å². The van der Waals surface area contributed by atoms with Crippen molar-refractivity contribution in [3.8, 4) is 0 Å². The minimum Gasteiger partial charge on any atom is -0.375 e. The predicted molar refractivity (Wildman–Crippen MR) is 75.7 cm³/mol. The van der Waals surface area contributed by atoms with Gasteiger partial charge in [0.05, 0.1) is 11.6 Å². The van der Waals surface area contributed by atoms with E-state index in [0.717, 1.165) is 12.8 Å². The second-order valence-electron chi connectivity index (χ2n) is 5.56. The van der Waals surface area contributed by atoms with Gasteiger partial charge in [-0.2, -0.15) is 0 Å². The van der Waals surface area contributed by atoms with Gasteiger partial charge in [0.2, 0.25) is 0 Å². The lowest BCUT2D eigenvalue weighted by molar-refractivity contribution is -0.151. The second-order valence-corrected chi connectivity index (χ2v) is 5.99. The molecule has 1 aromatic rings. The van der Waals surface area contributed by atoms with Crippen LogP contribution < -0.4 is 4.90 Å². The van der Waals surface area contributed by atoms with Crippen molar-refractivity contribution in [2.45, 2.75) is 31.3 Å². The molecule has 1 saturated carbocycles. The van der Waals surface area contributed by atoms with Gasteiger partial charge in [0.15, 0.2) is 5.60 Å². The molecular weight excluding hydrogens is 278 g/mol. The van der Waals surface area contributed by atoms with E-state index in [9.17, 15) is 14.7 Å². The molecule has 0 spiro atoms. The summed E-state index contributed by atoms with van der Waals surface area (Å²) in [6.45, 7) is 0. The van der Waals surface area contributed by atoms with Gasteiger partial charge < -0.3 is 10.0 Å². The third-order valence-corrected chi connectivity index (χ3v) is 4.66. The summed E-state index contributed by atoms with van der Waals surface area (Å²) in [5.74, 6) is -1.13. The van der Waals surface area contributed by atoms with E-state index in [2.05, 4.69) is 0 Å². The predicted octanol–water partition coefficient (Wildman–Crippen LogP) is 2.26. The highest BCUT2D eigenvalue weighted by Crippen LogP contribution is 2.48. The van der Waals surface area contributed by atoms with Crippen LogP contribution in [0, 0.1) is 5.92 Å². The SMILES string of the molecule is CN1C(=O)[C@](O)(C2CCCCC2=O)c2cc(Cl)ccc21. The van der Waals surface area contributed by atoms with Crippen molar-refractivity contribution in [2.75, 3.05) is 11.9 Å². The van der Waals surface area contributed by atoms with E-state index in [1.165, 1.54) is 4.90 Å². The molecule has 1 heterocycles. The molecule has 1 N–H and O–H groups in total. The summed E-state index contributed by atoms with van der Waals surface area (Å²) < 4.78 is 0. The molecule has 1 unspecified atom stereocenters. The fourth-order valence-electron chi connectivity index (χ4n) is 3.35. The van der Waals surface area contributed by atoms with Crippen LogP contribution in [0.15, 0.2) is 18.2 Å². The van der Waals surface area contributed by atoms with Crippen LogP contribution in [0.3, 0.4) is 0 Å². The maximum Gasteiger partial charge on any atom is 0.264 e. The third-order valence-electron chi connectivity index (χ3n) is 4.42. The first-order chi connectivity index (χ1) is 9.46.